The van der Waals surface area contributed by atoms with Gasteiger partial charge in [-0.1, -0.05) is 30.4 Å². The Kier molecular flexibility index (Phi) is 4.19. The van der Waals surface area contributed by atoms with Gasteiger partial charge >= 0.3 is 0 Å². The molecule has 2 aromatic rings. The Labute approximate surface area is 124 Å². The van der Waals surface area contributed by atoms with Gasteiger partial charge in [0.1, 0.15) is 0 Å². The number of hydrogen-bond acceptors (Lipinski definition) is 5. The van der Waals surface area contributed by atoms with Crippen LogP contribution in [0.1, 0.15) is 13.3 Å². The lowest BCUT2D eigenvalue weighted by atomic mass is 10.1. The highest BCUT2D eigenvalue weighted by Crippen LogP contribution is 2.29. The average molecular weight is 290 g/mol. The highest BCUT2D eigenvalue weighted by molar-refractivity contribution is 7.22. The quantitative estimate of drug-likeness (QED) is 0.937. The highest BCUT2D eigenvalue weighted by atomic mass is 32.1. The average Bonchev–Trinajstić information content (AvgIpc) is 2.93. The lowest BCUT2D eigenvalue weighted by Crippen LogP contribution is -2.52. The maximum Gasteiger partial charge on any atom is 0.186 e. The van der Waals surface area contributed by atoms with E-state index in [1.54, 1.807) is 11.3 Å². The van der Waals surface area contributed by atoms with Crippen molar-refractivity contribution in [3.05, 3.63) is 24.3 Å². The Bertz CT molecular complexity index is 523. The van der Waals surface area contributed by atoms with Gasteiger partial charge in [0.2, 0.25) is 0 Å². The van der Waals surface area contributed by atoms with Crippen molar-refractivity contribution in [2.24, 2.45) is 5.73 Å². The standard InChI is InChI=1S/C15H22N4S/c1-2-12(11-16)18-7-9-19(10-8-18)15-17-13-5-3-4-6-14(13)20-15/h3-6,12H,2,7-11,16H2,1H3. The van der Waals surface area contributed by atoms with Gasteiger partial charge in [-0.15, -0.1) is 0 Å². The second-order valence-electron chi connectivity index (χ2n) is 5.28. The van der Waals surface area contributed by atoms with E-state index in [0.29, 0.717) is 6.04 Å². The van der Waals surface area contributed by atoms with E-state index in [1.165, 1.54) is 4.70 Å². The number of anilines is 1. The van der Waals surface area contributed by atoms with Crippen LogP contribution in [0.4, 0.5) is 5.13 Å². The fraction of sp³-hybridized carbons (Fsp3) is 0.533. The van der Waals surface area contributed by atoms with Gasteiger partial charge < -0.3 is 10.6 Å². The van der Waals surface area contributed by atoms with E-state index in [2.05, 4.69) is 41.0 Å². The molecule has 2 heterocycles. The van der Waals surface area contributed by atoms with Crippen molar-refractivity contribution < 1.29 is 0 Å². The minimum absolute atomic E-state index is 0.535. The van der Waals surface area contributed by atoms with Gasteiger partial charge in [0, 0.05) is 38.8 Å². The van der Waals surface area contributed by atoms with E-state index in [1.807, 2.05) is 0 Å². The minimum atomic E-state index is 0.535. The molecule has 0 radical (unpaired) electrons. The number of hydrogen-bond donors (Lipinski definition) is 1. The molecule has 0 spiro atoms. The molecule has 2 N–H and O–H groups in total. The molecule has 1 aromatic carbocycles. The third-order valence-corrected chi connectivity index (χ3v) is 5.22. The van der Waals surface area contributed by atoms with Crippen LogP contribution in [0.15, 0.2) is 24.3 Å². The summed E-state index contributed by atoms with van der Waals surface area (Å²) in [6.07, 6.45) is 1.14. The Morgan fingerprint density at radius 1 is 1.25 bits per heavy atom. The lowest BCUT2D eigenvalue weighted by molar-refractivity contribution is 0.184. The Morgan fingerprint density at radius 3 is 2.65 bits per heavy atom. The largest absolute Gasteiger partial charge is 0.345 e. The number of para-hydroxylation sites is 1. The van der Waals surface area contributed by atoms with Crippen molar-refractivity contribution in [2.45, 2.75) is 19.4 Å². The molecule has 1 unspecified atom stereocenters. The molecule has 1 aliphatic rings. The molecule has 1 aromatic heterocycles. The predicted molar refractivity (Wildman–Crippen MR) is 86.5 cm³/mol. The second-order valence-corrected chi connectivity index (χ2v) is 6.29. The molecule has 0 bridgehead atoms. The van der Waals surface area contributed by atoms with Gasteiger partial charge in [-0.2, -0.15) is 0 Å². The van der Waals surface area contributed by atoms with Gasteiger partial charge in [-0.3, -0.25) is 4.90 Å². The number of benzene rings is 1. The zero-order valence-electron chi connectivity index (χ0n) is 12.0. The summed E-state index contributed by atoms with van der Waals surface area (Å²) in [5, 5.41) is 1.16. The van der Waals surface area contributed by atoms with Crippen LogP contribution in [0, 0.1) is 0 Å². The van der Waals surface area contributed by atoms with Crippen LogP contribution < -0.4 is 10.6 Å². The van der Waals surface area contributed by atoms with Crippen molar-refractivity contribution in [1.29, 1.82) is 0 Å². The molecule has 0 amide bonds. The first-order valence-corrected chi connectivity index (χ1v) is 8.18. The predicted octanol–water partition coefficient (Wildman–Crippen LogP) is 2.16. The van der Waals surface area contributed by atoms with Crippen molar-refractivity contribution in [1.82, 2.24) is 9.88 Å². The molecule has 1 fully saturated rings. The van der Waals surface area contributed by atoms with Crippen molar-refractivity contribution >= 4 is 26.7 Å². The molecule has 108 valence electrons. The van der Waals surface area contributed by atoms with Crippen LogP contribution in [0.3, 0.4) is 0 Å². The zero-order chi connectivity index (χ0) is 13.9. The summed E-state index contributed by atoms with van der Waals surface area (Å²) in [5.41, 5.74) is 6.96. The van der Waals surface area contributed by atoms with Crippen LogP contribution in [-0.4, -0.2) is 48.6 Å². The number of thiazole rings is 1. The summed E-state index contributed by atoms with van der Waals surface area (Å²) in [6, 6.07) is 8.90. The molecule has 1 saturated heterocycles. The minimum Gasteiger partial charge on any atom is -0.345 e. The number of nitrogens with two attached hydrogens (primary N) is 1. The zero-order valence-corrected chi connectivity index (χ0v) is 12.8. The fourth-order valence-electron chi connectivity index (χ4n) is 2.85. The maximum atomic E-state index is 5.85. The summed E-state index contributed by atoms with van der Waals surface area (Å²) in [4.78, 5) is 9.67. The van der Waals surface area contributed by atoms with Crippen LogP contribution >= 0.6 is 11.3 Å². The normalized spacial score (nSPS) is 18.6. The molecule has 1 aliphatic heterocycles. The molecule has 3 rings (SSSR count). The van der Waals surface area contributed by atoms with Gasteiger partial charge in [0.25, 0.3) is 0 Å². The molecule has 1 atom stereocenters. The van der Waals surface area contributed by atoms with E-state index in [4.69, 9.17) is 10.7 Å². The number of nitrogens with zero attached hydrogens (tertiary/aromatic N) is 3. The van der Waals surface area contributed by atoms with E-state index in [-0.39, 0.29) is 0 Å². The van der Waals surface area contributed by atoms with Crippen molar-refractivity contribution in [3.63, 3.8) is 0 Å². The Balaban J connectivity index is 1.68. The van der Waals surface area contributed by atoms with Crippen LogP contribution in [0.2, 0.25) is 0 Å². The first kappa shape index (κ1) is 13.8. The second kappa shape index (κ2) is 6.08. The van der Waals surface area contributed by atoms with E-state index >= 15 is 0 Å². The van der Waals surface area contributed by atoms with Crippen molar-refractivity contribution in [2.75, 3.05) is 37.6 Å². The monoisotopic (exact) mass is 290 g/mol. The molecule has 4 nitrogen and oxygen atoms in total. The molecule has 5 heteroatoms. The maximum absolute atomic E-state index is 5.85. The molecular weight excluding hydrogens is 268 g/mol. The van der Waals surface area contributed by atoms with Gasteiger partial charge in [-0.25, -0.2) is 4.98 Å². The van der Waals surface area contributed by atoms with Gasteiger partial charge in [0.15, 0.2) is 5.13 Å². The Morgan fingerprint density at radius 2 is 2.00 bits per heavy atom. The first-order chi connectivity index (χ1) is 9.81. The third-order valence-electron chi connectivity index (χ3n) is 4.13. The van der Waals surface area contributed by atoms with E-state index < -0.39 is 0 Å². The molecule has 0 aliphatic carbocycles. The van der Waals surface area contributed by atoms with Crippen LogP contribution in [0.25, 0.3) is 10.2 Å². The summed E-state index contributed by atoms with van der Waals surface area (Å²) >= 11 is 1.80. The van der Waals surface area contributed by atoms with Gasteiger partial charge in [0.05, 0.1) is 10.2 Å². The smallest absolute Gasteiger partial charge is 0.186 e. The third kappa shape index (κ3) is 2.66. The summed E-state index contributed by atoms with van der Waals surface area (Å²) in [7, 11) is 0. The van der Waals surface area contributed by atoms with Crippen LogP contribution in [-0.2, 0) is 0 Å². The fourth-order valence-corrected chi connectivity index (χ4v) is 3.86. The number of aromatic nitrogens is 1. The summed E-state index contributed by atoms with van der Waals surface area (Å²) in [5.74, 6) is 0. The molecular formula is C15H22N4S. The van der Waals surface area contributed by atoms with Crippen molar-refractivity contribution in [3.8, 4) is 0 Å². The highest BCUT2D eigenvalue weighted by Gasteiger charge is 2.23. The van der Waals surface area contributed by atoms with E-state index in [0.717, 1.165) is 49.8 Å². The summed E-state index contributed by atoms with van der Waals surface area (Å²) < 4.78 is 1.28. The first-order valence-electron chi connectivity index (χ1n) is 7.36. The Hall–Kier alpha value is -1.17. The molecule has 20 heavy (non-hydrogen) atoms. The lowest BCUT2D eigenvalue weighted by Gasteiger charge is -2.38. The number of fused-ring (bicyclic) bond motifs is 1. The van der Waals surface area contributed by atoms with E-state index in [9.17, 15) is 0 Å². The number of piperazine rings is 1. The summed E-state index contributed by atoms with van der Waals surface area (Å²) in [6.45, 7) is 7.26. The topological polar surface area (TPSA) is 45.4 Å². The van der Waals surface area contributed by atoms with Gasteiger partial charge in [-0.05, 0) is 18.6 Å². The number of rotatable bonds is 4. The SMILES string of the molecule is CCC(CN)N1CCN(c2nc3ccccc3s2)CC1. The van der Waals surface area contributed by atoms with Crippen LogP contribution in [0.5, 0.6) is 0 Å². The molecule has 0 saturated carbocycles.